The molecule has 1 heterocycles. The van der Waals surface area contributed by atoms with Crippen molar-refractivity contribution in [2.45, 2.75) is 36.8 Å². The van der Waals surface area contributed by atoms with Gasteiger partial charge in [-0.3, -0.25) is 0 Å². The van der Waals surface area contributed by atoms with E-state index in [0.717, 1.165) is 18.0 Å². The zero-order valence-electron chi connectivity index (χ0n) is 11.3. The lowest BCUT2D eigenvalue weighted by molar-refractivity contribution is 0.266. The molecule has 4 nitrogen and oxygen atoms in total. The normalized spacial score (nSPS) is 12.6. The van der Waals surface area contributed by atoms with Gasteiger partial charge in [-0.15, -0.1) is 10.2 Å². The summed E-state index contributed by atoms with van der Waals surface area (Å²) in [6.45, 7) is 2.13. The predicted molar refractivity (Wildman–Crippen MR) is 77.0 cm³/mol. The lowest BCUT2D eigenvalue weighted by atomic mass is 10.1. The Hall–Kier alpha value is -1.33. The minimum atomic E-state index is -0.0670. The van der Waals surface area contributed by atoms with E-state index in [1.807, 2.05) is 17.7 Å². The molecule has 0 radical (unpaired) electrons. The second-order valence-corrected chi connectivity index (χ2v) is 5.97. The van der Waals surface area contributed by atoms with E-state index in [2.05, 4.69) is 41.4 Å². The van der Waals surface area contributed by atoms with E-state index in [4.69, 9.17) is 5.11 Å². The molecule has 0 aliphatic carbocycles. The van der Waals surface area contributed by atoms with Crippen molar-refractivity contribution in [1.29, 1.82) is 0 Å². The van der Waals surface area contributed by atoms with Crippen LogP contribution >= 0.6 is 11.8 Å². The van der Waals surface area contributed by atoms with Crippen LogP contribution in [0.2, 0.25) is 0 Å². The number of hydrogen-bond acceptors (Lipinski definition) is 4. The first-order chi connectivity index (χ1) is 9.20. The highest BCUT2D eigenvalue weighted by atomic mass is 32.2. The van der Waals surface area contributed by atoms with Crippen LogP contribution in [0.15, 0.2) is 35.5 Å². The van der Waals surface area contributed by atoms with Crippen molar-refractivity contribution >= 4 is 11.8 Å². The summed E-state index contributed by atoms with van der Waals surface area (Å²) < 4.78 is 1.85. The Labute approximate surface area is 117 Å². The second kappa shape index (κ2) is 6.73. The largest absolute Gasteiger partial charge is 0.388 e. The minimum Gasteiger partial charge on any atom is -0.388 e. The molecule has 0 saturated carbocycles. The molecule has 1 aromatic carbocycles. The standard InChI is InChI=1S/C14H19N3OS/c1-11(8-9-12-6-4-3-5-7-12)19-14-16-15-13(10-18)17(14)2/h3-7,11,18H,8-10H2,1-2H3. The average molecular weight is 277 g/mol. The van der Waals surface area contributed by atoms with E-state index in [9.17, 15) is 0 Å². The Bertz CT molecular complexity index is 513. The molecule has 1 unspecified atom stereocenters. The van der Waals surface area contributed by atoms with Crippen LogP contribution in [0.3, 0.4) is 0 Å². The molecular formula is C14H19N3OS. The maximum Gasteiger partial charge on any atom is 0.191 e. The van der Waals surface area contributed by atoms with Gasteiger partial charge in [-0.2, -0.15) is 0 Å². The molecule has 5 heteroatoms. The summed E-state index contributed by atoms with van der Waals surface area (Å²) in [4.78, 5) is 0. The Morgan fingerprint density at radius 2 is 2.00 bits per heavy atom. The molecule has 0 fully saturated rings. The van der Waals surface area contributed by atoms with Crippen molar-refractivity contribution in [3.63, 3.8) is 0 Å². The van der Waals surface area contributed by atoms with Crippen molar-refractivity contribution in [3.05, 3.63) is 41.7 Å². The van der Waals surface area contributed by atoms with E-state index in [1.54, 1.807) is 11.8 Å². The Morgan fingerprint density at radius 1 is 1.26 bits per heavy atom. The van der Waals surface area contributed by atoms with Gasteiger partial charge in [-0.05, 0) is 18.4 Å². The van der Waals surface area contributed by atoms with Gasteiger partial charge in [-0.1, -0.05) is 49.0 Å². The molecule has 102 valence electrons. The molecule has 0 amide bonds. The van der Waals surface area contributed by atoms with Crippen LogP contribution in [-0.2, 0) is 20.1 Å². The molecule has 0 aliphatic rings. The number of thioether (sulfide) groups is 1. The Kier molecular flexibility index (Phi) is 4.99. The van der Waals surface area contributed by atoms with E-state index in [1.165, 1.54) is 5.56 Å². The van der Waals surface area contributed by atoms with Gasteiger partial charge in [0.15, 0.2) is 11.0 Å². The zero-order valence-corrected chi connectivity index (χ0v) is 12.1. The fourth-order valence-corrected chi connectivity index (χ4v) is 2.79. The van der Waals surface area contributed by atoms with Crippen LogP contribution in [0.4, 0.5) is 0 Å². The number of aliphatic hydroxyl groups excluding tert-OH is 1. The Morgan fingerprint density at radius 3 is 2.63 bits per heavy atom. The number of nitrogens with zero attached hydrogens (tertiary/aromatic N) is 3. The van der Waals surface area contributed by atoms with Crippen molar-refractivity contribution in [1.82, 2.24) is 14.8 Å². The van der Waals surface area contributed by atoms with Crippen LogP contribution in [-0.4, -0.2) is 25.1 Å². The molecule has 0 spiro atoms. The number of aliphatic hydroxyl groups is 1. The summed E-state index contributed by atoms with van der Waals surface area (Å²) in [5, 5.41) is 18.5. The molecule has 1 atom stereocenters. The molecule has 19 heavy (non-hydrogen) atoms. The summed E-state index contributed by atoms with van der Waals surface area (Å²) in [7, 11) is 1.89. The summed E-state index contributed by atoms with van der Waals surface area (Å²) in [5.41, 5.74) is 1.36. The van der Waals surface area contributed by atoms with Crippen LogP contribution in [0.25, 0.3) is 0 Å². The third kappa shape index (κ3) is 3.81. The summed E-state index contributed by atoms with van der Waals surface area (Å²) in [5.74, 6) is 0.609. The van der Waals surface area contributed by atoms with E-state index in [-0.39, 0.29) is 6.61 Å². The molecule has 2 rings (SSSR count). The van der Waals surface area contributed by atoms with Gasteiger partial charge < -0.3 is 9.67 Å². The monoisotopic (exact) mass is 277 g/mol. The highest BCUT2D eigenvalue weighted by Gasteiger charge is 2.12. The third-order valence-corrected chi connectivity index (χ3v) is 4.26. The van der Waals surface area contributed by atoms with Gasteiger partial charge in [-0.25, -0.2) is 0 Å². The zero-order chi connectivity index (χ0) is 13.7. The van der Waals surface area contributed by atoms with Gasteiger partial charge >= 0.3 is 0 Å². The number of benzene rings is 1. The fraction of sp³-hybridized carbons (Fsp3) is 0.429. The van der Waals surface area contributed by atoms with Gasteiger partial charge in [0, 0.05) is 12.3 Å². The van der Waals surface area contributed by atoms with Gasteiger partial charge in [0.05, 0.1) is 0 Å². The van der Waals surface area contributed by atoms with Gasteiger partial charge in [0.1, 0.15) is 6.61 Å². The molecular weight excluding hydrogens is 258 g/mol. The van der Waals surface area contributed by atoms with Crippen LogP contribution in [0, 0.1) is 0 Å². The van der Waals surface area contributed by atoms with Gasteiger partial charge in [0.25, 0.3) is 0 Å². The molecule has 0 bridgehead atoms. The van der Waals surface area contributed by atoms with Crippen molar-refractivity contribution < 1.29 is 5.11 Å². The molecule has 1 aromatic heterocycles. The second-order valence-electron chi connectivity index (χ2n) is 4.57. The SMILES string of the molecule is CC(CCc1ccccc1)Sc1nnc(CO)n1C. The van der Waals surface area contributed by atoms with Crippen LogP contribution in [0.5, 0.6) is 0 Å². The number of aromatic nitrogens is 3. The van der Waals surface area contributed by atoms with Crippen molar-refractivity contribution in [2.75, 3.05) is 0 Å². The first-order valence-corrected chi connectivity index (χ1v) is 7.28. The molecule has 0 aliphatic heterocycles. The van der Waals surface area contributed by atoms with Crippen molar-refractivity contribution in [2.24, 2.45) is 7.05 Å². The maximum atomic E-state index is 9.09. The summed E-state index contributed by atoms with van der Waals surface area (Å²) in [6.07, 6.45) is 2.16. The summed E-state index contributed by atoms with van der Waals surface area (Å²) in [6, 6.07) is 10.5. The number of aryl methyl sites for hydroxylation is 1. The lowest BCUT2D eigenvalue weighted by Gasteiger charge is -2.10. The number of rotatable bonds is 6. The van der Waals surface area contributed by atoms with Gasteiger partial charge in [0.2, 0.25) is 0 Å². The smallest absolute Gasteiger partial charge is 0.191 e. The predicted octanol–water partition coefficient (Wildman–Crippen LogP) is 2.42. The first-order valence-electron chi connectivity index (χ1n) is 6.40. The highest BCUT2D eigenvalue weighted by molar-refractivity contribution is 7.99. The Balaban J connectivity index is 1.87. The maximum absolute atomic E-state index is 9.09. The molecule has 2 aromatic rings. The third-order valence-electron chi connectivity index (χ3n) is 3.06. The summed E-state index contributed by atoms with van der Waals surface area (Å²) >= 11 is 1.70. The molecule has 0 saturated heterocycles. The van der Waals surface area contributed by atoms with E-state index in [0.29, 0.717) is 11.1 Å². The van der Waals surface area contributed by atoms with Crippen LogP contribution in [0.1, 0.15) is 24.7 Å². The molecule has 1 N–H and O–H groups in total. The topological polar surface area (TPSA) is 50.9 Å². The van der Waals surface area contributed by atoms with Crippen LogP contribution < -0.4 is 0 Å². The number of hydrogen-bond donors (Lipinski definition) is 1. The quantitative estimate of drug-likeness (QED) is 0.824. The average Bonchev–Trinajstić information content (AvgIpc) is 2.78. The highest BCUT2D eigenvalue weighted by Crippen LogP contribution is 2.24. The van der Waals surface area contributed by atoms with Crippen molar-refractivity contribution in [3.8, 4) is 0 Å². The van der Waals surface area contributed by atoms with E-state index < -0.39 is 0 Å². The lowest BCUT2D eigenvalue weighted by Crippen LogP contribution is -2.03. The fourth-order valence-electron chi connectivity index (χ4n) is 1.84. The first kappa shape index (κ1) is 14.1. The minimum absolute atomic E-state index is 0.0670. The van der Waals surface area contributed by atoms with E-state index >= 15 is 0 Å².